The predicted molar refractivity (Wildman–Crippen MR) is 54.2 cm³/mol. The molecular formula is C9H5BrN2O2. The fourth-order valence-corrected chi connectivity index (χ4v) is 1.43. The Balaban J connectivity index is 2.69. The van der Waals surface area contributed by atoms with E-state index in [4.69, 9.17) is 5.11 Å². The van der Waals surface area contributed by atoms with Crippen LogP contribution in [0.25, 0.3) is 10.9 Å². The van der Waals surface area contributed by atoms with Crippen LogP contribution < -0.4 is 0 Å². The van der Waals surface area contributed by atoms with Crippen molar-refractivity contribution in [1.29, 1.82) is 0 Å². The second kappa shape index (κ2) is 3.34. The lowest BCUT2D eigenvalue weighted by atomic mass is 10.1. The minimum absolute atomic E-state index is 0.225. The van der Waals surface area contributed by atoms with Crippen LogP contribution in [0, 0.1) is 0 Å². The summed E-state index contributed by atoms with van der Waals surface area (Å²) < 4.78 is 0.451. The lowest BCUT2D eigenvalue weighted by Crippen LogP contribution is -1.96. The first-order valence-electron chi connectivity index (χ1n) is 3.82. The number of nitrogens with zero attached hydrogens (tertiary/aromatic N) is 2. The normalized spacial score (nSPS) is 10.4. The smallest absolute Gasteiger partial charge is 0.335 e. The van der Waals surface area contributed by atoms with Gasteiger partial charge in [-0.25, -0.2) is 14.8 Å². The zero-order chi connectivity index (χ0) is 10.1. The Kier molecular flexibility index (Phi) is 2.17. The summed E-state index contributed by atoms with van der Waals surface area (Å²) in [6.45, 7) is 0. The van der Waals surface area contributed by atoms with Crippen LogP contribution in [0.2, 0.25) is 0 Å². The molecule has 0 fully saturated rings. The molecule has 0 spiro atoms. The van der Waals surface area contributed by atoms with E-state index in [1.54, 1.807) is 12.3 Å². The number of carboxylic acid groups (broad SMARTS) is 1. The summed E-state index contributed by atoms with van der Waals surface area (Å²) in [5.74, 6) is -0.957. The van der Waals surface area contributed by atoms with Gasteiger partial charge in [-0.2, -0.15) is 0 Å². The summed E-state index contributed by atoms with van der Waals surface area (Å²) >= 11 is 3.12. The predicted octanol–water partition coefficient (Wildman–Crippen LogP) is 2.09. The van der Waals surface area contributed by atoms with E-state index in [2.05, 4.69) is 25.9 Å². The molecule has 1 aromatic heterocycles. The maximum Gasteiger partial charge on any atom is 0.335 e. The van der Waals surface area contributed by atoms with Crippen molar-refractivity contribution in [2.75, 3.05) is 0 Å². The summed E-state index contributed by atoms with van der Waals surface area (Å²) in [7, 11) is 0. The molecule has 1 aromatic carbocycles. The molecule has 2 rings (SSSR count). The van der Waals surface area contributed by atoms with Crippen molar-refractivity contribution in [1.82, 2.24) is 9.97 Å². The van der Waals surface area contributed by atoms with E-state index in [1.165, 1.54) is 12.1 Å². The van der Waals surface area contributed by atoms with Gasteiger partial charge < -0.3 is 5.11 Å². The van der Waals surface area contributed by atoms with E-state index in [0.29, 0.717) is 10.3 Å². The third-order valence-corrected chi connectivity index (χ3v) is 2.18. The van der Waals surface area contributed by atoms with E-state index in [1.807, 2.05) is 0 Å². The van der Waals surface area contributed by atoms with E-state index in [9.17, 15) is 4.79 Å². The molecule has 1 N–H and O–H groups in total. The quantitative estimate of drug-likeness (QED) is 0.790. The second-order valence-electron chi connectivity index (χ2n) is 2.72. The molecule has 14 heavy (non-hydrogen) atoms. The van der Waals surface area contributed by atoms with Crippen LogP contribution in [0.15, 0.2) is 29.1 Å². The molecule has 0 aliphatic carbocycles. The molecule has 4 nitrogen and oxygen atoms in total. The molecule has 0 atom stereocenters. The molecule has 1 heterocycles. The van der Waals surface area contributed by atoms with Gasteiger partial charge in [0, 0.05) is 11.6 Å². The number of fused-ring (bicyclic) bond motifs is 1. The number of benzene rings is 1. The van der Waals surface area contributed by atoms with Crippen molar-refractivity contribution in [3.8, 4) is 0 Å². The molecular weight excluding hydrogens is 248 g/mol. The maximum atomic E-state index is 10.7. The van der Waals surface area contributed by atoms with Crippen LogP contribution in [0.3, 0.4) is 0 Å². The Bertz CT molecular complexity index is 513. The van der Waals surface area contributed by atoms with Crippen LogP contribution in [0.5, 0.6) is 0 Å². The molecule has 0 saturated carbocycles. The van der Waals surface area contributed by atoms with Gasteiger partial charge >= 0.3 is 5.97 Å². The van der Waals surface area contributed by atoms with Gasteiger partial charge in [0.2, 0.25) is 0 Å². The van der Waals surface area contributed by atoms with Gasteiger partial charge in [-0.15, -0.1) is 0 Å². The first-order chi connectivity index (χ1) is 6.66. The van der Waals surface area contributed by atoms with E-state index >= 15 is 0 Å². The fraction of sp³-hybridized carbons (Fsp3) is 0. The Morgan fingerprint density at radius 1 is 1.43 bits per heavy atom. The average Bonchev–Trinajstić information content (AvgIpc) is 2.16. The van der Waals surface area contributed by atoms with Crippen LogP contribution in [-0.4, -0.2) is 21.0 Å². The Morgan fingerprint density at radius 2 is 2.21 bits per heavy atom. The second-order valence-corrected chi connectivity index (χ2v) is 3.43. The van der Waals surface area contributed by atoms with Crippen LogP contribution >= 0.6 is 15.9 Å². The van der Waals surface area contributed by atoms with Gasteiger partial charge in [0.1, 0.15) is 0 Å². The summed E-state index contributed by atoms with van der Waals surface area (Å²) in [4.78, 5) is 18.7. The molecule has 2 aromatic rings. The third kappa shape index (κ3) is 1.58. The largest absolute Gasteiger partial charge is 0.478 e. The number of hydrogen-bond acceptors (Lipinski definition) is 3. The molecule has 0 aliphatic rings. The first kappa shape index (κ1) is 9.08. The van der Waals surface area contributed by atoms with Crippen molar-refractivity contribution in [3.63, 3.8) is 0 Å². The molecule has 0 amide bonds. The number of halogens is 1. The van der Waals surface area contributed by atoms with Gasteiger partial charge in [-0.05, 0) is 28.1 Å². The van der Waals surface area contributed by atoms with Gasteiger partial charge in [-0.1, -0.05) is 6.07 Å². The Hall–Kier alpha value is -1.49. The zero-order valence-corrected chi connectivity index (χ0v) is 8.52. The maximum absolute atomic E-state index is 10.7. The molecule has 0 unspecified atom stereocenters. The van der Waals surface area contributed by atoms with Crippen molar-refractivity contribution in [2.45, 2.75) is 0 Å². The highest BCUT2D eigenvalue weighted by molar-refractivity contribution is 9.10. The number of carboxylic acids is 1. The highest BCUT2D eigenvalue weighted by Gasteiger charge is 2.04. The van der Waals surface area contributed by atoms with Crippen LogP contribution in [0.4, 0.5) is 0 Å². The van der Waals surface area contributed by atoms with Crippen molar-refractivity contribution in [3.05, 3.63) is 34.7 Å². The monoisotopic (exact) mass is 252 g/mol. The van der Waals surface area contributed by atoms with E-state index in [0.717, 1.165) is 5.39 Å². The molecule has 5 heteroatoms. The molecule has 0 saturated heterocycles. The topological polar surface area (TPSA) is 63.1 Å². The fourth-order valence-electron chi connectivity index (χ4n) is 1.13. The molecule has 0 aliphatic heterocycles. The highest BCUT2D eigenvalue weighted by Crippen LogP contribution is 2.15. The molecule has 0 bridgehead atoms. The summed E-state index contributed by atoms with van der Waals surface area (Å²) in [6.07, 6.45) is 1.64. The minimum Gasteiger partial charge on any atom is -0.478 e. The lowest BCUT2D eigenvalue weighted by Gasteiger charge is -1.98. The van der Waals surface area contributed by atoms with Gasteiger partial charge in [0.25, 0.3) is 0 Å². The van der Waals surface area contributed by atoms with Crippen molar-refractivity contribution in [2.24, 2.45) is 0 Å². The average molecular weight is 253 g/mol. The SMILES string of the molecule is O=C(O)c1ccc2cnc(Br)nc2c1. The standard InChI is InChI=1S/C9H5BrN2O2/c10-9-11-4-6-2-1-5(8(13)14)3-7(6)12-9/h1-4H,(H,13,14). The minimum atomic E-state index is -0.957. The lowest BCUT2D eigenvalue weighted by molar-refractivity contribution is 0.0697. The van der Waals surface area contributed by atoms with Crippen molar-refractivity contribution >= 4 is 32.8 Å². The van der Waals surface area contributed by atoms with E-state index in [-0.39, 0.29) is 5.56 Å². The molecule has 0 radical (unpaired) electrons. The summed E-state index contributed by atoms with van der Waals surface area (Å²) in [5.41, 5.74) is 0.842. The van der Waals surface area contributed by atoms with Crippen molar-refractivity contribution < 1.29 is 9.90 Å². The zero-order valence-electron chi connectivity index (χ0n) is 6.94. The molecule has 70 valence electrons. The number of carbonyl (C=O) groups is 1. The van der Waals surface area contributed by atoms with Crippen LogP contribution in [0.1, 0.15) is 10.4 Å². The number of rotatable bonds is 1. The highest BCUT2D eigenvalue weighted by atomic mass is 79.9. The Labute approximate surface area is 87.7 Å². The van der Waals surface area contributed by atoms with Gasteiger partial charge in [0.15, 0.2) is 4.73 Å². The number of hydrogen-bond donors (Lipinski definition) is 1. The number of aromatic carboxylic acids is 1. The summed E-state index contributed by atoms with van der Waals surface area (Å²) in [6, 6.07) is 4.73. The van der Waals surface area contributed by atoms with Gasteiger partial charge in [0.05, 0.1) is 11.1 Å². The Morgan fingerprint density at radius 3 is 2.93 bits per heavy atom. The van der Waals surface area contributed by atoms with E-state index < -0.39 is 5.97 Å². The first-order valence-corrected chi connectivity index (χ1v) is 4.62. The summed E-state index contributed by atoms with van der Waals surface area (Å²) in [5, 5.41) is 9.58. The van der Waals surface area contributed by atoms with Gasteiger partial charge in [-0.3, -0.25) is 0 Å². The van der Waals surface area contributed by atoms with Crippen LogP contribution in [-0.2, 0) is 0 Å². The third-order valence-electron chi connectivity index (χ3n) is 1.80. The number of aromatic nitrogens is 2.